The molecular weight excluding hydrogens is 484 g/mol. The first-order chi connectivity index (χ1) is 17.3. The van der Waals surface area contributed by atoms with Gasteiger partial charge in [-0.25, -0.2) is 4.79 Å². The molecule has 0 N–H and O–H groups in total. The smallest absolute Gasteiger partial charge is 0.328 e. The molecule has 2 aromatic carbocycles. The molecule has 8 heteroatoms. The van der Waals surface area contributed by atoms with E-state index in [0.29, 0.717) is 13.2 Å². The molecule has 0 unspecified atom stereocenters. The molecule has 2 aliphatic rings. The van der Waals surface area contributed by atoms with E-state index in [0.717, 1.165) is 11.1 Å². The number of ether oxygens (including phenoxy) is 2. The van der Waals surface area contributed by atoms with E-state index in [-0.39, 0.29) is 23.5 Å². The van der Waals surface area contributed by atoms with Gasteiger partial charge in [-0.3, -0.25) is 9.69 Å². The van der Waals surface area contributed by atoms with Crippen LogP contribution < -0.4 is 0 Å². The molecule has 0 radical (unpaired) electrons. The molecule has 2 saturated heterocycles. The number of rotatable bonds is 8. The van der Waals surface area contributed by atoms with E-state index >= 15 is 0 Å². The van der Waals surface area contributed by atoms with Gasteiger partial charge in [-0.1, -0.05) is 81.4 Å². The summed E-state index contributed by atoms with van der Waals surface area (Å²) in [7, 11) is -2.36. The van der Waals surface area contributed by atoms with Crippen molar-refractivity contribution in [3.05, 3.63) is 71.8 Å². The number of carbonyl (C=O) groups excluding carboxylic acids is 2. The van der Waals surface area contributed by atoms with Gasteiger partial charge >= 0.3 is 6.03 Å². The number of amides is 3. The van der Waals surface area contributed by atoms with Gasteiger partial charge in [0.05, 0.1) is 13.2 Å². The summed E-state index contributed by atoms with van der Waals surface area (Å²) < 4.78 is 19.1. The summed E-state index contributed by atoms with van der Waals surface area (Å²) in [5.41, 5.74) is 1.85. The van der Waals surface area contributed by atoms with Crippen LogP contribution in [0.25, 0.3) is 0 Å². The highest BCUT2D eigenvalue weighted by Gasteiger charge is 2.55. The van der Waals surface area contributed by atoms with E-state index < -0.39 is 32.4 Å². The van der Waals surface area contributed by atoms with Gasteiger partial charge in [0.25, 0.3) is 5.91 Å². The van der Waals surface area contributed by atoms with Crippen molar-refractivity contribution >= 4 is 20.3 Å². The minimum atomic E-state index is -2.36. The lowest BCUT2D eigenvalue weighted by atomic mass is 10.0. The highest BCUT2D eigenvalue weighted by molar-refractivity contribution is 6.74. The van der Waals surface area contributed by atoms with Gasteiger partial charge < -0.3 is 18.8 Å². The standard InChI is InChI=1S/C29H40N2O5Si/c1-28(2,3)37(6,7)36-25(23-20-34-29(4,5)35-23)24-26(32)31(19-22-16-12-9-13-17-22)27(33)30(24)18-21-14-10-8-11-15-21/h8-17,23-25H,18-20H2,1-7H3/t23-,24-,25-/m1/s1. The van der Waals surface area contributed by atoms with Crippen LogP contribution >= 0.6 is 0 Å². The fourth-order valence-electron chi connectivity index (χ4n) is 4.57. The first-order valence-electron chi connectivity index (χ1n) is 13.0. The highest BCUT2D eigenvalue weighted by Crippen LogP contribution is 2.41. The number of benzene rings is 2. The molecule has 3 amide bonds. The SMILES string of the molecule is CC1(C)OC[C@H]([C@@H](O[Si](C)(C)C(C)(C)C)[C@@H]2C(=O)N(Cc3ccccc3)C(=O)N2Cc2ccccc2)O1. The first kappa shape index (κ1) is 27.5. The normalized spacial score (nSPS) is 23.1. The van der Waals surface area contributed by atoms with Crippen molar-refractivity contribution < 1.29 is 23.5 Å². The Morgan fingerprint density at radius 3 is 2.00 bits per heavy atom. The van der Waals surface area contributed by atoms with Crippen molar-refractivity contribution in [2.24, 2.45) is 0 Å². The van der Waals surface area contributed by atoms with E-state index in [1.54, 1.807) is 4.90 Å². The van der Waals surface area contributed by atoms with Crippen molar-refractivity contribution in [1.29, 1.82) is 0 Å². The van der Waals surface area contributed by atoms with Crippen LogP contribution in [0.5, 0.6) is 0 Å². The topological polar surface area (TPSA) is 68.3 Å². The Hall–Kier alpha value is -2.52. The maximum absolute atomic E-state index is 14.1. The van der Waals surface area contributed by atoms with Crippen molar-refractivity contribution in [1.82, 2.24) is 9.80 Å². The number of hydrogen-bond donors (Lipinski definition) is 0. The quantitative estimate of drug-likeness (QED) is 0.334. The van der Waals surface area contributed by atoms with Gasteiger partial charge in [-0.05, 0) is 43.1 Å². The number of imide groups is 1. The molecule has 37 heavy (non-hydrogen) atoms. The Morgan fingerprint density at radius 2 is 1.51 bits per heavy atom. The summed E-state index contributed by atoms with van der Waals surface area (Å²) in [6.07, 6.45) is -1.15. The first-order valence-corrected chi connectivity index (χ1v) is 15.9. The zero-order chi connectivity index (χ0) is 27.0. The molecule has 200 valence electrons. The lowest BCUT2D eigenvalue weighted by Crippen LogP contribution is -2.57. The molecule has 0 bridgehead atoms. The molecule has 7 nitrogen and oxygen atoms in total. The molecule has 2 fully saturated rings. The van der Waals surface area contributed by atoms with Gasteiger partial charge in [0.15, 0.2) is 14.1 Å². The number of nitrogens with zero attached hydrogens (tertiary/aromatic N) is 2. The summed E-state index contributed by atoms with van der Waals surface area (Å²) in [5, 5.41) is -0.0973. The van der Waals surface area contributed by atoms with Gasteiger partial charge in [0.1, 0.15) is 18.2 Å². The third-order valence-corrected chi connectivity index (χ3v) is 12.1. The Balaban J connectivity index is 1.75. The zero-order valence-electron chi connectivity index (χ0n) is 23.1. The summed E-state index contributed by atoms with van der Waals surface area (Å²) in [6, 6.07) is 18.2. The second-order valence-electron chi connectivity index (χ2n) is 12.0. The molecule has 0 saturated carbocycles. The van der Waals surface area contributed by atoms with Crippen LogP contribution in [0, 0.1) is 0 Å². The van der Waals surface area contributed by atoms with E-state index in [1.165, 1.54) is 4.90 Å². The third kappa shape index (κ3) is 5.98. The lowest BCUT2D eigenvalue weighted by molar-refractivity contribution is -0.157. The second kappa shape index (κ2) is 10.3. The molecule has 0 aromatic heterocycles. The predicted octanol–water partition coefficient (Wildman–Crippen LogP) is 5.56. The Labute approximate surface area is 221 Å². The minimum Gasteiger partial charge on any atom is -0.409 e. The van der Waals surface area contributed by atoms with Crippen LogP contribution in [0.3, 0.4) is 0 Å². The molecule has 3 atom stereocenters. The Bertz CT molecular complexity index is 1100. The zero-order valence-corrected chi connectivity index (χ0v) is 24.1. The van der Waals surface area contributed by atoms with Crippen LogP contribution in [-0.2, 0) is 31.8 Å². The van der Waals surface area contributed by atoms with Crippen LogP contribution in [0.1, 0.15) is 45.7 Å². The Morgan fingerprint density at radius 1 is 0.973 bits per heavy atom. The van der Waals surface area contributed by atoms with Gasteiger partial charge in [0.2, 0.25) is 0 Å². The lowest BCUT2D eigenvalue weighted by Gasteiger charge is -2.43. The molecule has 0 spiro atoms. The van der Waals surface area contributed by atoms with Crippen molar-refractivity contribution in [2.75, 3.05) is 6.61 Å². The predicted molar refractivity (Wildman–Crippen MR) is 145 cm³/mol. The average Bonchev–Trinajstić information content (AvgIpc) is 3.30. The number of carbonyl (C=O) groups is 2. The van der Waals surface area contributed by atoms with Crippen LogP contribution in [0.15, 0.2) is 60.7 Å². The summed E-state index contributed by atoms with van der Waals surface area (Å²) in [5.74, 6) is -1.05. The van der Waals surface area contributed by atoms with Gasteiger partial charge in [-0.2, -0.15) is 0 Å². The molecule has 2 aromatic rings. The fourth-order valence-corrected chi connectivity index (χ4v) is 5.89. The van der Waals surface area contributed by atoms with E-state index in [1.807, 2.05) is 74.5 Å². The largest absolute Gasteiger partial charge is 0.409 e. The second-order valence-corrected chi connectivity index (χ2v) is 16.7. The van der Waals surface area contributed by atoms with E-state index in [9.17, 15) is 9.59 Å². The van der Waals surface area contributed by atoms with Crippen LogP contribution in [-0.4, -0.2) is 60.7 Å². The maximum Gasteiger partial charge on any atom is 0.328 e. The molecular formula is C29H40N2O5Si. The number of hydrogen-bond acceptors (Lipinski definition) is 5. The van der Waals surface area contributed by atoms with Crippen molar-refractivity contribution in [3.63, 3.8) is 0 Å². The van der Waals surface area contributed by atoms with Crippen LogP contribution in [0.2, 0.25) is 18.1 Å². The molecule has 4 rings (SSSR count). The Kier molecular flexibility index (Phi) is 7.68. The fraction of sp³-hybridized carbons (Fsp3) is 0.517. The summed E-state index contributed by atoms with van der Waals surface area (Å²) in [6.45, 7) is 15.3. The average molecular weight is 525 g/mol. The van der Waals surface area contributed by atoms with E-state index in [4.69, 9.17) is 13.9 Å². The van der Waals surface area contributed by atoms with E-state index in [2.05, 4.69) is 33.9 Å². The van der Waals surface area contributed by atoms with Crippen molar-refractivity contribution in [3.8, 4) is 0 Å². The molecule has 2 aliphatic heterocycles. The minimum absolute atomic E-state index is 0.0973. The summed E-state index contributed by atoms with van der Waals surface area (Å²) in [4.78, 5) is 31.0. The van der Waals surface area contributed by atoms with Gasteiger partial charge in [-0.15, -0.1) is 0 Å². The summed E-state index contributed by atoms with van der Waals surface area (Å²) >= 11 is 0. The number of urea groups is 1. The maximum atomic E-state index is 14.1. The van der Waals surface area contributed by atoms with Gasteiger partial charge in [0, 0.05) is 6.54 Å². The molecule has 0 aliphatic carbocycles. The van der Waals surface area contributed by atoms with Crippen molar-refractivity contribution in [2.45, 2.75) is 89.9 Å². The third-order valence-electron chi connectivity index (χ3n) is 7.66. The highest BCUT2D eigenvalue weighted by atomic mass is 28.4. The molecule has 2 heterocycles. The van der Waals surface area contributed by atoms with Crippen LogP contribution in [0.4, 0.5) is 4.79 Å². The monoisotopic (exact) mass is 524 g/mol.